The van der Waals surface area contributed by atoms with E-state index in [1.54, 1.807) is 12.1 Å². The van der Waals surface area contributed by atoms with Crippen molar-refractivity contribution in [2.45, 2.75) is 80.1 Å². The average molecular weight is 751 g/mol. The Balaban J connectivity index is 1.29. The van der Waals surface area contributed by atoms with Crippen LogP contribution in [0.5, 0.6) is 11.5 Å². The molecule has 5 aromatic carbocycles. The molecule has 8 rings (SSSR count). The number of benzene rings is 5. The molecular weight excluding hydrogens is 701 g/mol. The van der Waals surface area contributed by atoms with Crippen LogP contribution in [-0.4, -0.2) is 20.2 Å². The van der Waals surface area contributed by atoms with Gasteiger partial charge in [0.2, 0.25) is 0 Å². The van der Waals surface area contributed by atoms with Crippen molar-refractivity contribution in [3.8, 4) is 67.7 Å². The molecule has 5 nitrogen and oxygen atoms in total. The number of phenols is 2. The molecular formula is C52H50N2O3. The van der Waals surface area contributed by atoms with E-state index < -0.39 is 0 Å². The number of nitrogens with zero attached hydrogens (tertiary/aromatic N) is 2. The number of para-hydroxylation sites is 1. The third-order valence-corrected chi connectivity index (χ3v) is 11.3. The predicted octanol–water partition coefficient (Wildman–Crippen LogP) is 14.0. The summed E-state index contributed by atoms with van der Waals surface area (Å²) in [7, 11) is 0. The minimum absolute atomic E-state index is 0.00308. The van der Waals surface area contributed by atoms with Gasteiger partial charge in [-0.2, -0.15) is 0 Å². The van der Waals surface area contributed by atoms with Gasteiger partial charge in [0.05, 0.1) is 22.8 Å². The van der Waals surface area contributed by atoms with E-state index in [0.717, 1.165) is 49.7 Å². The van der Waals surface area contributed by atoms with Crippen LogP contribution in [0.4, 0.5) is 0 Å². The van der Waals surface area contributed by atoms with Crippen molar-refractivity contribution < 1.29 is 14.6 Å². The van der Waals surface area contributed by atoms with Gasteiger partial charge in [-0.3, -0.25) is 0 Å². The summed E-state index contributed by atoms with van der Waals surface area (Å²) >= 11 is 0. The van der Waals surface area contributed by atoms with E-state index in [1.165, 1.54) is 22.3 Å². The van der Waals surface area contributed by atoms with Gasteiger partial charge in [0.25, 0.3) is 0 Å². The topological polar surface area (TPSA) is 79.4 Å². The molecule has 0 fully saturated rings. The van der Waals surface area contributed by atoms with Crippen LogP contribution in [0.2, 0.25) is 0 Å². The van der Waals surface area contributed by atoms with Crippen LogP contribution in [0.25, 0.3) is 78.1 Å². The summed E-state index contributed by atoms with van der Waals surface area (Å²) in [6, 6.07) is 36.3. The zero-order valence-electron chi connectivity index (χ0n) is 34.6. The molecule has 0 unspecified atom stereocenters. The number of aryl methyl sites for hydroxylation is 4. The van der Waals surface area contributed by atoms with Crippen LogP contribution in [0.1, 0.15) is 74.9 Å². The third-order valence-electron chi connectivity index (χ3n) is 11.3. The van der Waals surface area contributed by atoms with Gasteiger partial charge in [-0.05, 0) is 149 Å². The highest BCUT2D eigenvalue weighted by atomic mass is 16.3. The smallest absolute Gasteiger partial charge is 0.136 e. The highest BCUT2D eigenvalue weighted by Gasteiger charge is 2.22. The summed E-state index contributed by atoms with van der Waals surface area (Å²) in [6.07, 6.45) is 0. The summed E-state index contributed by atoms with van der Waals surface area (Å²) in [5, 5.41) is 24.7. The molecule has 0 amide bonds. The number of fused-ring (bicyclic) bond motifs is 3. The van der Waals surface area contributed by atoms with Gasteiger partial charge in [-0.15, -0.1) is 0 Å². The Kier molecular flexibility index (Phi) is 9.11. The lowest BCUT2D eigenvalue weighted by molar-refractivity contribution is 0.477. The van der Waals surface area contributed by atoms with Crippen LogP contribution in [0.15, 0.2) is 114 Å². The second-order valence-electron chi connectivity index (χ2n) is 17.7. The van der Waals surface area contributed by atoms with E-state index in [0.29, 0.717) is 39.5 Å². The first-order chi connectivity index (χ1) is 27.0. The summed E-state index contributed by atoms with van der Waals surface area (Å²) in [5.74, 6) is 0.271. The molecule has 3 aromatic heterocycles. The second kappa shape index (κ2) is 13.8. The molecule has 57 heavy (non-hydrogen) atoms. The predicted molar refractivity (Wildman–Crippen MR) is 236 cm³/mol. The fourth-order valence-corrected chi connectivity index (χ4v) is 8.24. The fourth-order valence-electron chi connectivity index (χ4n) is 8.24. The summed E-state index contributed by atoms with van der Waals surface area (Å²) < 4.78 is 6.26. The number of hydrogen-bond donors (Lipinski definition) is 2. The Bertz CT molecular complexity index is 2840. The summed E-state index contributed by atoms with van der Waals surface area (Å²) in [6.45, 7) is 22.0. The normalized spacial score (nSPS) is 12.2. The van der Waals surface area contributed by atoms with E-state index in [4.69, 9.17) is 14.4 Å². The molecule has 0 saturated heterocycles. The van der Waals surface area contributed by atoms with Gasteiger partial charge in [0.15, 0.2) is 0 Å². The van der Waals surface area contributed by atoms with E-state index in [1.807, 2.05) is 66.7 Å². The Morgan fingerprint density at radius 3 is 1.61 bits per heavy atom. The minimum Gasteiger partial charge on any atom is -0.507 e. The Morgan fingerprint density at radius 1 is 0.439 bits per heavy atom. The number of aromatic nitrogens is 2. The Labute approximate surface area is 335 Å². The first-order valence-corrected chi connectivity index (χ1v) is 19.7. The molecule has 0 aliphatic rings. The monoisotopic (exact) mass is 750 g/mol. The molecule has 3 heterocycles. The fraction of sp³-hybridized carbons (Fsp3) is 0.231. The SMILES string of the molecule is Cc1cc(C(C)(C)C)cc(C)c1-c1cc(-c2cccc(-c3cc(-c4c(C)cc(C(C)(C)C)cc4C)ccc3O)n2)nc(-c2cc3oc4ccccc4c3cc2O)c1. The first-order valence-electron chi connectivity index (χ1n) is 19.7. The number of furan rings is 1. The summed E-state index contributed by atoms with van der Waals surface area (Å²) in [4.78, 5) is 10.3. The molecule has 286 valence electrons. The van der Waals surface area contributed by atoms with Crippen LogP contribution in [0, 0.1) is 27.7 Å². The van der Waals surface area contributed by atoms with E-state index in [9.17, 15) is 10.2 Å². The van der Waals surface area contributed by atoms with Gasteiger partial charge in [-0.25, -0.2) is 9.97 Å². The lowest BCUT2D eigenvalue weighted by Crippen LogP contribution is -2.12. The number of hydrogen-bond acceptors (Lipinski definition) is 5. The Morgan fingerprint density at radius 2 is 0.982 bits per heavy atom. The van der Waals surface area contributed by atoms with Crippen molar-refractivity contribution in [2.75, 3.05) is 0 Å². The molecule has 0 aliphatic carbocycles. The number of pyridine rings is 2. The molecule has 0 saturated carbocycles. The van der Waals surface area contributed by atoms with E-state index in [-0.39, 0.29) is 22.3 Å². The Hall–Kier alpha value is -6.20. The average Bonchev–Trinajstić information content (AvgIpc) is 3.51. The first kappa shape index (κ1) is 37.7. The maximum atomic E-state index is 11.6. The maximum Gasteiger partial charge on any atom is 0.136 e. The van der Waals surface area contributed by atoms with Crippen LogP contribution >= 0.6 is 0 Å². The van der Waals surface area contributed by atoms with Gasteiger partial charge in [0.1, 0.15) is 22.7 Å². The van der Waals surface area contributed by atoms with Crippen molar-refractivity contribution in [1.82, 2.24) is 9.97 Å². The molecule has 8 aromatic rings. The zero-order valence-corrected chi connectivity index (χ0v) is 34.6. The van der Waals surface area contributed by atoms with Gasteiger partial charge < -0.3 is 14.6 Å². The molecule has 0 bridgehead atoms. The highest BCUT2D eigenvalue weighted by molar-refractivity contribution is 6.07. The molecule has 0 atom stereocenters. The van der Waals surface area contributed by atoms with E-state index >= 15 is 0 Å². The lowest BCUT2D eigenvalue weighted by atomic mass is 9.82. The number of rotatable bonds is 5. The van der Waals surface area contributed by atoms with Gasteiger partial charge in [0, 0.05) is 21.9 Å². The minimum atomic E-state index is -0.00308. The van der Waals surface area contributed by atoms with E-state index in [2.05, 4.69) is 99.6 Å². The van der Waals surface area contributed by atoms with Gasteiger partial charge in [-0.1, -0.05) is 96.1 Å². The number of aromatic hydroxyl groups is 2. The van der Waals surface area contributed by atoms with Crippen LogP contribution < -0.4 is 0 Å². The van der Waals surface area contributed by atoms with Crippen molar-refractivity contribution in [2.24, 2.45) is 0 Å². The molecule has 0 radical (unpaired) electrons. The third kappa shape index (κ3) is 6.97. The maximum absolute atomic E-state index is 11.6. The quantitative estimate of drug-likeness (QED) is 0.183. The lowest BCUT2D eigenvalue weighted by Gasteiger charge is -2.23. The second-order valence-corrected chi connectivity index (χ2v) is 17.7. The van der Waals surface area contributed by atoms with Crippen molar-refractivity contribution >= 4 is 21.9 Å². The van der Waals surface area contributed by atoms with Crippen LogP contribution in [0.3, 0.4) is 0 Å². The molecule has 0 aliphatic heterocycles. The van der Waals surface area contributed by atoms with Crippen molar-refractivity contribution in [1.29, 1.82) is 0 Å². The molecule has 5 heteroatoms. The van der Waals surface area contributed by atoms with Crippen LogP contribution in [-0.2, 0) is 10.8 Å². The largest absolute Gasteiger partial charge is 0.507 e. The van der Waals surface area contributed by atoms with Gasteiger partial charge >= 0.3 is 0 Å². The summed E-state index contributed by atoms with van der Waals surface area (Å²) in [5.41, 5.74) is 16.7. The zero-order chi connectivity index (χ0) is 40.6. The van der Waals surface area contributed by atoms with Crippen molar-refractivity contribution in [3.05, 3.63) is 143 Å². The standard InChI is InChI=1S/C52H50N2O3/c1-29-20-35(51(5,6)7)21-30(2)49(29)33-18-19-45(55)39(24-33)41-15-13-16-42(53-41)44-26-34(50-31(3)22-36(23-32(50)4)52(8,9)10)25-43(54-44)40-28-48-38(27-46(40)56)37-14-11-12-17-47(37)57-48/h11-28,55-56H,1-10H3. The molecule has 0 spiro atoms. The number of phenolic OH excluding ortho intramolecular Hbond substituents is 2. The van der Waals surface area contributed by atoms with Crippen molar-refractivity contribution in [3.63, 3.8) is 0 Å². The highest BCUT2D eigenvalue weighted by Crippen LogP contribution is 2.42. The molecule has 2 N–H and O–H groups in total.